The molecule has 3 rings (SSSR count). The summed E-state index contributed by atoms with van der Waals surface area (Å²) in [5.41, 5.74) is 0.641. The maximum absolute atomic E-state index is 13.1. The fraction of sp³-hybridized carbons (Fsp3) is 0.636. The van der Waals surface area contributed by atoms with Gasteiger partial charge in [-0.1, -0.05) is 23.7 Å². The molecule has 1 N–H and O–H groups in total. The third-order valence-corrected chi connectivity index (χ3v) is 6.60. The van der Waals surface area contributed by atoms with E-state index in [9.17, 15) is 9.59 Å². The number of para-hydroxylation sites is 1. The van der Waals surface area contributed by atoms with Crippen LogP contribution in [0.1, 0.15) is 40.0 Å². The lowest BCUT2D eigenvalue weighted by molar-refractivity contribution is -0.143. The van der Waals surface area contributed by atoms with Gasteiger partial charge in [0.25, 0.3) is 0 Å². The molecule has 0 unspecified atom stereocenters. The Hall–Kier alpha value is -1.63. The Labute approximate surface area is 179 Å². The third-order valence-electron chi connectivity index (χ3n) is 6.28. The first-order valence-corrected chi connectivity index (χ1v) is 11.1. The molecule has 0 aliphatic carbocycles. The number of hydrogen-bond donors (Lipinski definition) is 1. The van der Waals surface area contributed by atoms with Gasteiger partial charge in [0.15, 0.2) is 0 Å². The molecular formula is C22H33ClN4O2. The molecule has 3 atom stereocenters. The van der Waals surface area contributed by atoms with Crippen molar-refractivity contribution < 1.29 is 9.59 Å². The summed E-state index contributed by atoms with van der Waals surface area (Å²) in [6.45, 7) is 9.83. The van der Waals surface area contributed by atoms with Crippen molar-refractivity contribution in [2.24, 2.45) is 0 Å². The zero-order valence-electron chi connectivity index (χ0n) is 17.7. The maximum atomic E-state index is 13.1. The van der Waals surface area contributed by atoms with E-state index in [2.05, 4.69) is 33.9 Å². The van der Waals surface area contributed by atoms with Crippen LogP contribution in [0.15, 0.2) is 24.3 Å². The van der Waals surface area contributed by atoms with Crippen LogP contribution in [-0.2, 0) is 9.59 Å². The Morgan fingerprint density at radius 3 is 2.34 bits per heavy atom. The number of rotatable bonds is 5. The van der Waals surface area contributed by atoms with Crippen molar-refractivity contribution >= 4 is 29.1 Å². The number of carbonyl (C=O) groups is 2. The highest BCUT2D eigenvalue weighted by molar-refractivity contribution is 6.33. The van der Waals surface area contributed by atoms with Crippen LogP contribution >= 0.6 is 11.6 Å². The smallest absolute Gasteiger partial charge is 0.240 e. The van der Waals surface area contributed by atoms with Gasteiger partial charge in [0.2, 0.25) is 11.8 Å². The van der Waals surface area contributed by atoms with Crippen LogP contribution in [0.4, 0.5) is 5.69 Å². The molecule has 0 spiro atoms. The second-order valence-corrected chi connectivity index (χ2v) is 8.80. The standard InChI is InChI=1S/C22H33ClN4O2/c1-16-7-6-8-17(2)27(16)22(29)18(3)26-13-11-25(12-14-26)15-21(28)24-20-10-5-4-9-19(20)23/h4-5,9-10,16-18H,6-8,11-15H2,1-3H3,(H,24,28)/t16-,17-,18+/m0/s1. The number of nitrogens with one attached hydrogen (secondary N) is 1. The predicted octanol–water partition coefficient (Wildman–Crippen LogP) is 3.07. The molecule has 2 heterocycles. The van der Waals surface area contributed by atoms with Gasteiger partial charge in [-0.15, -0.1) is 0 Å². The number of carbonyl (C=O) groups excluding carboxylic acids is 2. The van der Waals surface area contributed by atoms with E-state index in [0.717, 1.165) is 39.0 Å². The number of nitrogens with zero attached hydrogens (tertiary/aromatic N) is 3. The van der Waals surface area contributed by atoms with Crippen molar-refractivity contribution in [3.05, 3.63) is 29.3 Å². The van der Waals surface area contributed by atoms with E-state index in [1.54, 1.807) is 12.1 Å². The van der Waals surface area contributed by atoms with Gasteiger partial charge in [-0.05, 0) is 52.2 Å². The van der Waals surface area contributed by atoms with Gasteiger partial charge in [0.05, 0.1) is 23.3 Å². The van der Waals surface area contributed by atoms with Gasteiger partial charge in [0, 0.05) is 38.3 Å². The average molecular weight is 421 g/mol. The Kier molecular flexibility index (Phi) is 7.55. The monoisotopic (exact) mass is 420 g/mol. The van der Waals surface area contributed by atoms with Crippen molar-refractivity contribution in [2.75, 3.05) is 38.0 Å². The molecule has 0 saturated carbocycles. The second kappa shape index (κ2) is 9.92. The molecule has 2 aliphatic rings. The third kappa shape index (κ3) is 5.50. The van der Waals surface area contributed by atoms with Crippen LogP contribution in [0.2, 0.25) is 5.02 Å². The summed E-state index contributed by atoms with van der Waals surface area (Å²) in [7, 11) is 0. The second-order valence-electron chi connectivity index (χ2n) is 8.39. The molecular weight excluding hydrogens is 388 g/mol. The highest BCUT2D eigenvalue weighted by Gasteiger charge is 2.35. The lowest BCUT2D eigenvalue weighted by Gasteiger charge is -2.44. The van der Waals surface area contributed by atoms with Gasteiger partial charge in [-0.2, -0.15) is 0 Å². The molecule has 2 amide bonds. The molecule has 2 fully saturated rings. The maximum Gasteiger partial charge on any atom is 0.240 e. The normalized spacial score (nSPS) is 24.9. The molecule has 2 aliphatic heterocycles. The Bertz CT molecular complexity index is 711. The first kappa shape index (κ1) is 22.1. The highest BCUT2D eigenvalue weighted by atomic mass is 35.5. The van der Waals surface area contributed by atoms with Crippen LogP contribution in [0.3, 0.4) is 0 Å². The largest absolute Gasteiger partial charge is 0.336 e. The molecule has 29 heavy (non-hydrogen) atoms. The van der Waals surface area contributed by atoms with Crippen molar-refractivity contribution in [3.8, 4) is 0 Å². The first-order valence-electron chi connectivity index (χ1n) is 10.7. The topological polar surface area (TPSA) is 55.9 Å². The minimum Gasteiger partial charge on any atom is -0.336 e. The van der Waals surface area contributed by atoms with Gasteiger partial charge in [-0.3, -0.25) is 19.4 Å². The Balaban J connectivity index is 1.47. The lowest BCUT2D eigenvalue weighted by atomic mass is 9.96. The van der Waals surface area contributed by atoms with Crippen molar-refractivity contribution in [1.29, 1.82) is 0 Å². The van der Waals surface area contributed by atoms with Gasteiger partial charge >= 0.3 is 0 Å². The highest BCUT2D eigenvalue weighted by Crippen LogP contribution is 2.24. The van der Waals surface area contributed by atoms with Crippen LogP contribution in [0.5, 0.6) is 0 Å². The predicted molar refractivity (Wildman–Crippen MR) is 117 cm³/mol. The van der Waals surface area contributed by atoms with E-state index in [1.165, 1.54) is 6.42 Å². The first-order chi connectivity index (χ1) is 13.9. The summed E-state index contributed by atoms with van der Waals surface area (Å²) in [4.78, 5) is 31.9. The quantitative estimate of drug-likeness (QED) is 0.795. The van der Waals surface area contributed by atoms with E-state index in [1.807, 2.05) is 19.1 Å². The number of likely N-dealkylation sites (tertiary alicyclic amines) is 1. The summed E-state index contributed by atoms with van der Waals surface area (Å²) < 4.78 is 0. The molecule has 1 aromatic rings. The summed E-state index contributed by atoms with van der Waals surface area (Å²) >= 11 is 6.11. The van der Waals surface area contributed by atoms with Crippen LogP contribution in [0.25, 0.3) is 0 Å². The zero-order chi connectivity index (χ0) is 21.0. The Morgan fingerprint density at radius 1 is 1.10 bits per heavy atom. The van der Waals surface area contributed by atoms with Crippen LogP contribution in [0, 0.1) is 0 Å². The number of amides is 2. The number of piperidine rings is 1. The van der Waals surface area contributed by atoms with E-state index >= 15 is 0 Å². The molecule has 0 radical (unpaired) electrons. The number of hydrogen-bond acceptors (Lipinski definition) is 4. The van der Waals surface area contributed by atoms with Crippen molar-refractivity contribution in [1.82, 2.24) is 14.7 Å². The van der Waals surface area contributed by atoms with E-state index in [0.29, 0.717) is 29.3 Å². The molecule has 6 nitrogen and oxygen atoms in total. The van der Waals surface area contributed by atoms with Crippen LogP contribution in [-0.4, -0.2) is 77.4 Å². The Morgan fingerprint density at radius 2 is 1.72 bits per heavy atom. The number of halogens is 1. The molecule has 0 aromatic heterocycles. The van der Waals surface area contributed by atoms with E-state index in [4.69, 9.17) is 11.6 Å². The van der Waals surface area contributed by atoms with E-state index < -0.39 is 0 Å². The van der Waals surface area contributed by atoms with Crippen molar-refractivity contribution in [2.45, 2.75) is 58.2 Å². The number of anilines is 1. The lowest BCUT2D eigenvalue weighted by Crippen LogP contribution is -2.58. The molecule has 7 heteroatoms. The van der Waals surface area contributed by atoms with E-state index in [-0.39, 0.29) is 17.9 Å². The average Bonchev–Trinajstić information content (AvgIpc) is 2.69. The SMILES string of the molecule is C[C@H](C(=O)N1[C@@H](C)CCC[C@@H]1C)N1CCN(CC(=O)Nc2ccccc2Cl)CC1. The van der Waals surface area contributed by atoms with Gasteiger partial charge in [-0.25, -0.2) is 0 Å². The summed E-state index contributed by atoms with van der Waals surface area (Å²) in [6, 6.07) is 7.78. The fourth-order valence-corrected chi connectivity index (χ4v) is 4.67. The summed E-state index contributed by atoms with van der Waals surface area (Å²) in [6.07, 6.45) is 3.39. The van der Waals surface area contributed by atoms with Gasteiger partial charge < -0.3 is 10.2 Å². The van der Waals surface area contributed by atoms with Crippen LogP contribution < -0.4 is 5.32 Å². The van der Waals surface area contributed by atoms with Crippen molar-refractivity contribution in [3.63, 3.8) is 0 Å². The summed E-state index contributed by atoms with van der Waals surface area (Å²) in [5, 5.41) is 3.42. The zero-order valence-corrected chi connectivity index (χ0v) is 18.5. The molecule has 1 aromatic carbocycles. The molecule has 0 bridgehead atoms. The number of piperazine rings is 1. The number of benzene rings is 1. The minimum atomic E-state index is -0.114. The van der Waals surface area contributed by atoms with Gasteiger partial charge in [0.1, 0.15) is 0 Å². The molecule has 2 saturated heterocycles. The molecule has 160 valence electrons. The fourth-order valence-electron chi connectivity index (χ4n) is 4.49. The minimum absolute atomic E-state index is 0.0633. The summed E-state index contributed by atoms with van der Waals surface area (Å²) in [5.74, 6) is 0.182.